The minimum Gasteiger partial charge on any atom is -0.392 e. The van der Waals surface area contributed by atoms with Crippen LogP contribution in [0.1, 0.15) is 21.6 Å². The van der Waals surface area contributed by atoms with Crippen molar-refractivity contribution in [3.63, 3.8) is 0 Å². The molecule has 5 heteroatoms. The first-order valence-corrected chi connectivity index (χ1v) is 6.57. The Labute approximate surface area is 119 Å². The van der Waals surface area contributed by atoms with Crippen LogP contribution in [-0.4, -0.2) is 16.0 Å². The van der Waals surface area contributed by atoms with Crippen LogP contribution in [0.15, 0.2) is 47.1 Å². The maximum absolute atomic E-state index is 11.8. The van der Waals surface area contributed by atoms with Gasteiger partial charge in [0.15, 0.2) is 0 Å². The molecule has 1 amide bonds. The summed E-state index contributed by atoms with van der Waals surface area (Å²) in [7, 11) is 0. The van der Waals surface area contributed by atoms with Gasteiger partial charge in [-0.2, -0.15) is 0 Å². The van der Waals surface area contributed by atoms with Gasteiger partial charge in [-0.3, -0.25) is 4.79 Å². The molecule has 0 bridgehead atoms. The van der Waals surface area contributed by atoms with Gasteiger partial charge in [-0.1, -0.05) is 24.3 Å². The van der Waals surface area contributed by atoms with Gasteiger partial charge in [0.25, 0.3) is 5.91 Å². The summed E-state index contributed by atoms with van der Waals surface area (Å²) in [5.41, 5.74) is 2.15. The number of hydrogen-bond acceptors (Lipinski definition) is 3. The summed E-state index contributed by atoms with van der Waals surface area (Å²) < 4.78 is 0.833. The molecule has 0 atom stereocenters. The molecule has 4 nitrogen and oxygen atoms in total. The number of carbonyl (C=O) groups is 1. The first-order chi connectivity index (χ1) is 9.19. The summed E-state index contributed by atoms with van der Waals surface area (Å²) in [5, 5.41) is 11.8. The van der Waals surface area contributed by atoms with Crippen molar-refractivity contribution in [3.8, 4) is 0 Å². The molecule has 0 spiro atoms. The molecule has 0 aliphatic heterocycles. The van der Waals surface area contributed by atoms with Gasteiger partial charge >= 0.3 is 0 Å². The smallest absolute Gasteiger partial charge is 0.270 e. The molecule has 0 aliphatic carbocycles. The number of halogens is 1. The van der Waals surface area contributed by atoms with Crippen molar-refractivity contribution < 1.29 is 9.90 Å². The van der Waals surface area contributed by atoms with Crippen molar-refractivity contribution in [3.05, 3.63) is 63.9 Å². The number of nitrogens with one attached hydrogen (secondary N) is 1. The molecular formula is C14H13BrN2O2. The van der Waals surface area contributed by atoms with Crippen LogP contribution in [0.25, 0.3) is 0 Å². The van der Waals surface area contributed by atoms with Crippen molar-refractivity contribution in [2.75, 3.05) is 0 Å². The summed E-state index contributed by atoms with van der Waals surface area (Å²) in [4.78, 5) is 15.9. The maximum atomic E-state index is 11.8. The van der Waals surface area contributed by atoms with Crippen LogP contribution in [0, 0.1) is 0 Å². The number of aromatic nitrogens is 1. The number of aliphatic hydroxyl groups is 1. The lowest BCUT2D eigenvalue weighted by atomic mass is 10.1. The van der Waals surface area contributed by atoms with Crippen molar-refractivity contribution in [1.82, 2.24) is 10.3 Å². The van der Waals surface area contributed by atoms with Gasteiger partial charge in [0.2, 0.25) is 0 Å². The molecule has 0 fully saturated rings. The topological polar surface area (TPSA) is 62.2 Å². The second kappa shape index (κ2) is 6.45. The maximum Gasteiger partial charge on any atom is 0.270 e. The van der Waals surface area contributed by atoms with E-state index in [4.69, 9.17) is 5.11 Å². The minimum atomic E-state index is -0.220. The third-order valence-electron chi connectivity index (χ3n) is 2.59. The third-order valence-corrected chi connectivity index (χ3v) is 3.06. The number of benzene rings is 1. The number of carbonyl (C=O) groups excluding carboxylic acids is 1. The molecule has 0 saturated heterocycles. The lowest BCUT2D eigenvalue weighted by Gasteiger charge is -2.06. The highest BCUT2D eigenvalue weighted by atomic mass is 79.9. The Kier molecular flexibility index (Phi) is 4.65. The van der Waals surface area contributed by atoms with Crippen LogP contribution in [0.5, 0.6) is 0 Å². The van der Waals surface area contributed by atoms with Gasteiger partial charge in [-0.15, -0.1) is 0 Å². The lowest BCUT2D eigenvalue weighted by Crippen LogP contribution is -2.23. The molecule has 1 aromatic carbocycles. The summed E-state index contributed by atoms with van der Waals surface area (Å²) in [6.07, 6.45) is 1.58. The van der Waals surface area contributed by atoms with Crippen LogP contribution in [0.3, 0.4) is 0 Å². The monoisotopic (exact) mass is 320 g/mol. The predicted molar refractivity (Wildman–Crippen MR) is 75.5 cm³/mol. The van der Waals surface area contributed by atoms with Crippen LogP contribution in [0.4, 0.5) is 0 Å². The number of amides is 1. The van der Waals surface area contributed by atoms with Crippen LogP contribution in [0.2, 0.25) is 0 Å². The summed E-state index contributed by atoms with van der Waals surface area (Å²) in [6, 6.07) is 10.9. The number of hydrogen-bond donors (Lipinski definition) is 2. The zero-order valence-corrected chi connectivity index (χ0v) is 11.7. The number of pyridine rings is 1. The fourth-order valence-electron chi connectivity index (χ4n) is 1.62. The molecule has 2 N–H and O–H groups in total. The average Bonchev–Trinajstić information content (AvgIpc) is 2.46. The highest BCUT2D eigenvalue weighted by Gasteiger charge is 2.06. The Morgan fingerprint density at radius 3 is 2.74 bits per heavy atom. The summed E-state index contributed by atoms with van der Waals surface area (Å²) in [5.74, 6) is -0.220. The summed E-state index contributed by atoms with van der Waals surface area (Å²) in [6.45, 7) is 0.403. The van der Waals surface area contributed by atoms with Crippen molar-refractivity contribution in [2.24, 2.45) is 0 Å². The fourth-order valence-corrected chi connectivity index (χ4v) is 1.86. The fraction of sp³-hybridized carbons (Fsp3) is 0.143. The van der Waals surface area contributed by atoms with E-state index in [1.54, 1.807) is 18.3 Å². The van der Waals surface area contributed by atoms with E-state index in [9.17, 15) is 4.79 Å². The Balaban J connectivity index is 1.98. The average molecular weight is 321 g/mol. The second-order valence-corrected chi connectivity index (χ2v) is 4.94. The third kappa shape index (κ3) is 3.87. The first kappa shape index (κ1) is 13.7. The molecular weight excluding hydrogens is 308 g/mol. The largest absolute Gasteiger partial charge is 0.392 e. The molecule has 1 heterocycles. The first-order valence-electron chi connectivity index (χ1n) is 5.77. The summed E-state index contributed by atoms with van der Waals surface area (Å²) >= 11 is 3.27. The normalized spacial score (nSPS) is 10.2. The number of aliphatic hydroxyl groups excluding tert-OH is 1. The molecule has 0 unspecified atom stereocenters. The van der Waals surface area contributed by atoms with Crippen LogP contribution in [-0.2, 0) is 13.2 Å². The molecule has 1 aromatic heterocycles. The second-order valence-electron chi connectivity index (χ2n) is 4.02. The van der Waals surface area contributed by atoms with E-state index < -0.39 is 0 Å². The number of rotatable bonds is 4. The number of nitrogens with zero attached hydrogens (tertiary/aromatic N) is 1. The Morgan fingerprint density at radius 1 is 1.26 bits per heavy atom. The molecule has 0 saturated carbocycles. The van der Waals surface area contributed by atoms with E-state index in [2.05, 4.69) is 26.2 Å². The quantitative estimate of drug-likeness (QED) is 0.908. The van der Waals surface area contributed by atoms with Crippen LogP contribution < -0.4 is 5.32 Å². The molecule has 0 aliphatic rings. The van der Waals surface area contributed by atoms with Gasteiger partial charge in [-0.05, 0) is 39.2 Å². The minimum absolute atomic E-state index is 0.00391. The zero-order chi connectivity index (χ0) is 13.7. The van der Waals surface area contributed by atoms with Crippen molar-refractivity contribution in [2.45, 2.75) is 13.2 Å². The molecule has 0 radical (unpaired) electrons. The molecule has 19 heavy (non-hydrogen) atoms. The highest BCUT2D eigenvalue weighted by molar-refractivity contribution is 9.10. The van der Waals surface area contributed by atoms with Crippen molar-refractivity contribution in [1.29, 1.82) is 0 Å². The molecule has 2 aromatic rings. The lowest BCUT2D eigenvalue weighted by molar-refractivity contribution is 0.0946. The van der Waals surface area contributed by atoms with Crippen molar-refractivity contribution >= 4 is 21.8 Å². The van der Waals surface area contributed by atoms with Gasteiger partial charge in [0, 0.05) is 17.2 Å². The zero-order valence-electron chi connectivity index (χ0n) is 10.1. The standard InChI is InChI=1S/C14H13BrN2O2/c15-12-4-5-13(16-8-12)14(19)17-7-10-2-1-3-11(6-10)9-18/h1-6,8,18H,7,9H2,(H,17,19). The van der Waals surface area contributed by atoms with E-state index >= 15 is 0 Å². The van der Waals surface area contributed by atoms with Gasteiger partial charge in [0.05, 0.1) is 6.61 Å². The molecule has 98 valence electrons. The van der Waals surface area contributed by atoms with E-state index in [1.165, 1.54) is 0 Å². The van der Waals surface area contributed by atoms with E-state index in [0.29, 0.717) is 12.2 Å². The SMILES string of the molecule is O=C(NCc1cccc(CO)c1)c1ccc(Br)cn1. The van der Waals surface area contributed by atoms with E-state index in [-0.39, 0.29) is 12.5 Å². The molecule has 2 rings (SSSR count). The van der Waals surface area contributed by atoms with E-state index in [0.717, 1.165) is 15.6 Å². The van der Waals surface area contributed by atoms with Gasteiger partial charge < -0.3 is 10.4 Å². The Bertz CT molecular complexity index is 570. The predicted octanol–water partition coefficient (Wildman–Crippen LogP) is 2.27. The van der Waals surface area contributed by atoms with Gasteiger partial charge in [0.1, 0.15) is 5.69 Å². The Hall–Kier alpha value is -1.72. The van der Waals surface area contributed by atoms with E-state index in [1.807, 2.05) is 24.3 Å². The van der Waals surface area contributed by atoms with Crippen LogP contribution >= 0.6 is 15.9 Å². The van der Waals surface area contributed by atoms with Gasteiger partial charge in [-0.25, -0.2) is 4.98 Å². The highest BCUT2D eigenvalue weighted by Crippen LogP contribution is 2.08. The Morgan fingerprint density at radius 2 is 2.05 bits per heavy atom.